The lowest BCUT2D eigenvalue weighted by molar-refractivity contribution is 0.417. The van der Waals surface area contributed by atoms with Crippen LogP contribution < -0.4 is 0 Å². The predicted octanol–water partition coefficient (Wildman–Crippen LogP) is 6.34. The van der Waals surface area contributed by atoms with E-state index >= 15 is 0 Å². The Morgan fingerprint density at radius 1 is 0.800 bits per heavy atom. The number of aryl methyl sites for hydroxylation is 1. The molecule has 0 heteroatoms. The normalized spacial score (nSPS) is 22.1. The topological polar surface area (TPSA) is 0 Å². The van der Waals surface area contributed by atoms with Gasteiger partial charge in [-0.3, -0.25) is 0 Å². The average molecular weight is 270 g/mol. The molecule has 0 spiro atoms. The van der Waals surface area contributed by atoms with Gasteiger partial charge in [-0.05, 0) is 60.6 Å². The second-order valence-electron chi connectivity index (χ2n) is 6.94. The molecule has 2 fully saturated rings. The monoisotopic (exact) mass is 270 g/mol. The van der Waals surface area contributed by atoms with Gasteiger partial charge in [-0.15, -0.1) is 0 Å². The molecule has 0 aromatic heterocycles. The Kier molecular flexibility index (Phi) is 4.81. The van der Waals surface area contributed by atoms with Gasteiger partial charge in [0.15, 0.2) is 0 Å². The van der Waals surface area contributed by atoms with Gasteiger partial charge in [-0.25, -0.2) is 0 Å². The Balaban J connectivity index is 1.94. The molecular weight excluding hydrogens is 240 g/mol. The standard InChI is InChI=1S/C20H30/c1-2-16-14-9-15-19(17-10-5-3-6-11-17)20(16)18-12-7-4-8-13-18/h9,14-15,17-18H,2-8,10-13H2,1H3. The smallest absolute Gasteiger partial charge is 0.0156 e. The summed E-state index contributed by atoms with van der Waals surface area (Å²) >= 11 is 0. The molecule has 0 radical (unpaired) electrons. The lowest BCUT2D eigenvalue weighted by Gasteiger charge is -2.31. The van der Waals surface area contributed by atoms with Crippen molar-refractivity contribution in [3.63, 3.8) is 0 Å². The van der Waals surface area contributed by atoms with E-state index in [1.807, 2.05) is 0 Å². The maximum atomic E-state index is 2.47. The summed E-state index contributed by atoms with van der Waals surface area (Å²) in [6.45, 7) is 2.34. The van der Waals surface area contributed by atoms with Crippen LogP contribution in [0.25, 0.3) is 0 Å². The summed E-state index contributed by atoms with van der Waals surface area (Å²) in [6.07, 6.45) is 15.7. The maximum Gasteiger partial charge on any atom is -0.0156 e. The Labute approximate surface area is 125 Å². The first-order valence-electron chi connectivity index (χ1n) is 9.02. The summed E-state index contributed by atoms with van der Waals surface area (Å²) in [6, 6.07) is 7.20. The highest BCUT2D eigenvalue weighted by Crippen LogP contribution is 2.42. The average Bonchev–Trinajstić information content (AvgIpc) is 2.55. The lowest BCUT2D eigenvalue weighted by Crippen LogP contribution is -2.14. The van der Waals surface area contributed by atoms with Crippen molar-refractivity contribution in [1.82, 2.24) is 0 Å². The zero-order valence-corrected chi connectivity index (χ0v) is 13.2. The molecule has 1 aromatic rings. The summed E-state index contributed by atoms with van der Waals surface area (Å²) in [4.78, 5) is 0. The van der Waals surface area contributed by atoms with Gasteiger partial charge in [0.1, 0.15) is 0 Å². The second kappa shape index (κ2) is 6.78. The highest BCUT2D eigenvalue weighted by atomic mass is 14.3. The molecule has 1 aromatic carbocycles. The van der Waals surface area contributed by atoms with Crippen LogP contribution in [0.1, 0.15) is 99.7 Å². The van der Waals surface area contributed by atoms with E-state index in [9.17, 15) is 0 Å². The second-order valence-corrected chi connectivity index (χ2v) is 6.94. The molecule has 0 nitrogen and oxygen atoms in total. The molecule has 2 aliphatic carbocycles. The van der Waals surface area contributed by atoms with Crippen molar-refractivity contribution in [2.45, 2.75) is 89.4 Å². The fraction of sp³-hybridized carbons (Fsp3) is 0.700. The molecular formula is C20H30. The predicted molar refractivity (Wildman–Crippen MR) is 87.5 cm³/mol. The zero-order valence-electron chi connectivity index (χ0n) is 13.2. The summed E-state index contributed by atoms with van der Waals surface area (Å²) in [7, 11) is 0. The fourth-order valence-electron chi connectivity index (χ4n) is 4.60. The van der Waals surface area contributed by atoms with Gasteiger partial charge in [0.2, 0.25) is 0 Å². The minimum Gasteiger partial charge on any atom is -0.0617 e. The van der Waals surface area contributed by atoms with Crippen LogP contribution in [-0.2, 0) is 6.42 Å². The molecule has 0 saturated heterocycles. The number of rotatable bonds is 3. The van der Waals surface area contributed by atoms with Crippen molar-refractivity contribution in [2.24, 2.45) is 0 Å². The van der Waals surface area contributed by atoms with Crippen LogP contribution in [0.3, 0.4) is 0 Å². The molecule has 0 bridgehead atoms. The Hall–Kier alpha value is -0.780. The first-order chi connectivity index (χ1) is 9.90. The van der Waals surface area contributed by atoms with Crippen LogP contribution in [0.5, 0.6) is 0 Å². The van der Waals surface area contributed by atoms with Gasteiger partial charge in [-0.2, -0.15) is 0 Å². The SMILES string of the molecule is CCc1cccc(C2CCCCC2)c1C1CCCCC1. The molecule has 0 atom stereocenters. The first-order valence-corrected chi connectivity index (χ1v) is 9.02. The van der Waals surface area contributed by atoms with E-state index in [0.29, 0.717) is 0 Å². The van der Waals surface area contributed by atoms with Crippen LogP contribution >= 0.6 is 0 Å². The molecule has 2 aliphatic rings. The Morgan fingerprint density at radius 3 is 2.00 bits per heavy atom. The molecule has 0 heterocycles. The van der Waals surface area contributed by atoms with Crippen LogP contribution in [0.2, 0.25) is 0 Å². The third-order valence-corrected chi connectivity index (χ3v) is 5.67. The summed E-state index contributed by atoms with van der Waals surface area (Å²) in [5.74, 6) is 1.74. The van der Waals surface area contributed by atoms with Crippen molar-refractivity contribution in [3.8, 4) is 0 Å². The maximum absolute atomic E-state index is 2.47. The fourth-order valence-corrected chi connectivity index (χ4v) is 4.60. The third-order valence-electron chi connectivity index (χ3n) is 5.67. The van der Waals surface area contributed by atoms with E-state index in [2.05, 4.69) is 25.1 Å². The Morgan fingerprint density at radius 2 is 1.40 bits per heavy atom. The van der Waals surface area contributed by atoms with Crippen LogP contribution in [-0.4, -0.2) is 0 Å². The van der Waals surface area contributed by atoms with Gasteiger partial charge in [0.05, 0.1) is 0 Å². The number of hydrogen-bond donors (Lipinski definition) is 0. The molecule has 110 valence electrons. The third kappa shape index (κ3) is 2.95. The van der Waals surface area contributed by atoms with E-state index in [-0.39, 0.29) is 0 Å². The van der Waals surface area contributed by atoms with Gasteiger partial charge < -0.3 is 0 Å². The molecule has 3 rings (SSSR count). The molecule has 2 saturated carbocycles. The van der Waals surface area contributed by atoms with E-state index in [1.165, 1.54) is 70.6 Å². The van der Waals surface area contributed by atoms with E-state index in [4.69, 9.17) is 0 Å². The van der Waals surface area contributed by atoms with Gasteiger partial charge >= 0.3 is 0 Å². The zero-order chi connectivity index (χ0) is 13.8. The summed E-state index contributed by atoms with van der Waals surface area (Å²) in [5.41, 5.74) is 5.19. The lowest BCUT2D eigenvalue weighted by atomic mass is 9.74. The summed E-state index contributed by atoms with van der Waals surface area (Å²) < 4.78 is 0. The molecule has 0 unspecified atom stereocenters. The van der Waals surface area contributed by atoms with Crippen molar-refractivity contribution in [1.29, 1.82) is 0 Å². The van der Waals surface area contributed by atoms with Crippen molar-refractivity contribution in [3.05, 3.63) is 34.9 Å². The van der Waals surface area contributed by atoms with Crippen molar-refractivity contribution >= 4 is 0 Å². The van der Waals surface area contributed by atoms with Gasteiger partial charge in [-0.1, -0.05) is 63.6 Å². The van der Waals surface area contributed by atoms with Crippen molar-refractivity contribution in [2.75, 3.05) is 0 Å². The van der Waals surface area contributed by atoms with Gasteiger partial charge in [0.25, 0.3) is 0 Å². The van der Waals surface area contributed by atoms with Gasteiger partial charge in [0, 0.05) is 0 Å². The minimum absolute atomic E-state index is 0.868. The highest BCUT2D eigenvalue weighted by molar-refractivity contribution is 5.41. The Bertz CT molecular complexity index is 420. The van der Waals surface area contributed by atoms with Crippen LogP contribution in [0.4, 0.5) is 0 Å². The van der Waals surface area contributed by atoms with Crippen molar-refractivity contribution < 1.29 is 0 Å². The van der Waals surface area contributed by atoms with Crippen LogP contribution in [0.15, 0.2) is 18.2 Å². The van der Waals surface area contributed by atoms with E-state index in [1.54, 1.807) is 16.7 Å². The number of benzene rings is 1. The minimum atomic E-state index is 0.868. The van der Waals surface area contributed by atoms with E-state index < -0.39 is 0 Å². The molecule has 0 aliphatic heterocycles. The first kappa shape index (κ1) is 14.2. The number of hydrogen-bond acceptors (Lipinski definition) is 0. The van der Waals surface area contributed by atoms with E-state index in [0.717, 1.165) is 11.8 Å². The van der Waals surface area contributed by atoms with Crippen LogP contribution in [0, 0.1) is 0 Å². The quantitative estimate of drug-likeness (QED) is 0.600. The largest absolute Gasteiger partial charge is 0.0617 e. The highest BCUT2D eigenvalue weighted by Gasteiger charge is 2.25. The molecule has 0 amide bonds. The summed E-state index contributed by atoms with van der Waals surface area (Å²) in [5, 5.41) is 0. The molecule has 20 heavy (non-hydrogen) atoms. The molecule has 0 N–H and O–H groups in total.